The number of amides is 1. The van der Waals surface area contributed by atoms with Crippen LogP contribution >= 0.6 is 11.8 Å². The summed E-state index contributed by atoms with van der Waals surface area (Å²) in [5, 5.41) is 2.88. The Morgan fingerprint density at radius 2 is 2.35 bits per heavy atom. The van der Waals surface area contributed by atoms with E-state index in [1.54, 1.807) is 23.9 Å². The van der Waals surface area contributed by atoms with Gasteiger partial charge < -0.3 is 10.7 Å². The molecule has 0 aliphatic heterocycles. The second-order valence-corrected chi connectivity index (χ2v) is 4.76. The molecule has 0 aliphatic rings. The molecular formula is C11H18N4OS. The minimum Gasteiger partial charge on any atom is -0.352 e. The third-order valence-electron chi connectivity index (χ3n) is 2.24. The number of carbonyl (C=O) groups excluding carboxylic acids is 1. The molecule has 1 rings (SSSR count). The van der Waals surface area contributed by atoms with Gasteiger partial charge in [-0.2, -0.15) is 11.8 Å². The van der Waals surface area contributed by atoms with Gasteiger partial charge in [0.25, 0.3) is 5.91 Å². The number of nitrogens with two attached hydrogens (primary N) is 1. The number of hydrogen-bond donors (Lipinski definition) is 3. The maximum absolute atomic E-state index is 11.7. The maximum Gasteiger partial charge on any atom is 0.252 e. The lowest BCUT2D eigenvalue weighted by molar-refractivity contribution is 0.0949. The molecule has 1 unspecified atom stereocenters. The highest BCUT2D eigenvalue weighted by molar-refractivity contribution is 7.98. The Kier molecular flexibility index (Phi) is 5.79. The number of pyridine rings is 1. The van der Waals surface area contributed by atoms with E-state index in [2.05, 4.69) is 28.9 Å². The summed E-state index contributed by atoms with van der Waals surface area (Å²) < 4.78 is 0. The lowest BCUT2D eigenvalue weighted by Gasteiger charge is -2.11. The Hall–Kier alpha value is -1.27. The summed E-state index contributed by atoms with van der Waals surface area (Å²) in [4.78, 5) is 15.7. The zero-order chi connectivity index (χ0) is 12.7. The van der Waals surface area contributed by atoms with Crippen LogP contribution in [0.4, 0.5) is 5.82 Å². The fraction of sp³-hybridized carbons (Fsp3) is 0.455. The summed E-state index contributed by atoms with van der Waals surface area (Å²) in [6.07, 6.45) is 3.56. The van der Waals surface area contributed by atoms with Crippen molar-refractivity contribution >= 4 is 23.5 Å². The fourth-order valence-electron chi connectivity index (χ4n) is 1.33. The molecule has 1 aromatic rings. The van der Waals surface area contributed by atoms with Gasteiger partial charge in [-0.05, 0) is 30.1 Å². The molecule has 0 saturated carbocycles. The van der Waals surface area contributed by atoms with Crippen LogP contribution in [0, 0.1) is 5.92 Å². The zero-order valence-corrected chi connectivity index (χ0v) is 10.9. The van der Waals surface area contributed by atoms with Crippen LogP contribution in [0.5, 0.6) is 0 Å². The zero-order valence-electron chi connectivity index (χ0n) is 10.1. The van der Waals surface area contributed by atoms with Crippen molar-refractivity contribution in [3.63, 3.8) is 0 Å². The number of rotatable bonds is 6. The summed E-state index contributed by atoms with van der Waals surface area (Å²) in [6, 6.07) is 3.36. The SMILES string of the molecule is CSCC(C)CNC(=O)c1ccc(NN)nc1. The van der Waals surface area contributed by atoms with Gasteiger partial charge in [-0.1, -0.05) is 6.92 Å². The number of anilines is 1. The predicted octanol–water partition coefficient (Wildman–Crippen LogP) is 1.10. The van der Waals surface area contributed by atoms with Crippen LogP contribution in [-0.4, -0.2) is 29.4 Å². The van der Waals surface area contributed by atoms with Crippen molar-refractivity contribution in [2.75, 3.05) is 24.0 Å². The van der Waals surface area contributed by atoms with Crippen LogP contribution in [0.25, 0.3) is 0 Å². The average molecular weight is 254 g/mol. The van der Waals surface area contributed by atoms with Crippen molar-refractivity contribution in [2.45, 2.75) is 6.92 Å². The van der Waals surface area contributed by atoms with E-state index in [0.717, 1.165) is 5.75 Å². The van der Waals surface area contributed by atoms with Gasteiger partial charge in [-0.15, -0.1) is 0 Å². The summed E-state index contributed by atoms with van der Waals surface area (Å²) in [5.74, 6) is 7.13. The minimum absolute atomic E-state index is 0.103. The first kappa shape index (κ1) is 13.8. The molecule has 0 fully saturated rings. The molecule has 1 aromatic heterocycles. The van der Waals surface area contributed by atoms with Crippen LogP contribution in [0.3, 0.4) is 0 Å². The Bertz CT molecular complexity index is 355. The smallest absolute Gasteiger partial charge is 0.252 e. The first-order valence-electron chi connectivity index (χ1n) is 5.37. The van der Waals surface area contributed by atoms with Crippen molar-refractivity contribution in [2.24, 2.45) is 11.8 Å². The first-order chi connectivity index (χ1) is 8.17. The van der Waals surface area contributed by atoms with E-state index in [9.17, 15) is 4.79 Å². The first-order valence-corrected chi connectivity index (χ1v) is 6.76. The molecule has 0 bridgehead atoms. The van der Waals surface area contributed by atoms with E-state index in [-0.39, 0.29) is 5.91 Å². The van der Waals surface area contributed by atoms with Gasteiger partial charge in [0.05, 0.1) is 5.56 Å². The van der Waals surface area contributed by atoms with Crippen molar-refractivity contribution in [3.05, 3.63) is 23.9 Å². The number of nitrogen functional groups attached to an aromatic ring is 1. The quantitative estimate of drug-likeness (QED) is 0.523. The topological polar surface area (TPSA) is 80.0 Å². The lowest BCUT2D eigenvalue weighted by atomic mass is 10.2. The van der Waals surface area contributed by atoms with Gasteiger partial charge >= 0.3 is 0 Å². The number of hydrazine groups is 1. The molecule has 0 aromatic carbocycles. The van der Waals surface area contributed by atoms with E-state index < -0.39 is 0 Å². The van der Waals surface area contributed by atoms with Crippen molar-refractivity contribution in [3.8, 4) is 0 Å². The van der Waals surface area contributed by atoms with E-state index in [1.165, 1.54) is 6.20 Å². The highest BCUT2D eigenvalue weighted by Crippen LogP contribution is 2.05. The molecule has 17 heavy (non-hydrogen) atoms. The largest absolute Gasteiger partial charge is 0.352 e. The Morgan fingerprint density at radius 1 is 1.59 bits per heavy atom. The minimum atomic E-state index is -0.103. The number of nitrogens with zero attached hydrogens (tertiary/aromatic N) is 1. The van der Waals surface area contributed by atoms with E-state index in [1.807, 2.05) is 0 Å². The predicted molar refractivity (Wildman–Crippen MR) is 71.9 cm³/mol. The second-order valence-electron chi connectivity index (χ2n) is 3.85. The molecule has 0 aliphatic carbocycles. The number of aromatic nitrogens is 1. The Balaban J connectivity index is 2.46. The Labute approximate surface area is 106 Å². The second kappa shape index (κ2) is 7.13. The van der Waals surface area contributed by atoms with Crippen LogP contribution in [-0.2, 0) is 0 Å². The standard InChI is InChI=1S/C11H18N4OS/c1-8(7-17-2)5-14-11(16)9-3-4-10(15-12)13-6-9/h3-4,6,8H,5,7,12H2,1-2H3,(H,13,15)(H,14,16). The molecule has 1 atom stereocenters. The highest BCUT2D eigenvalue weighted by atomic mass is 32.2. The number of nitrogens with one attached hydrogen (secondary N) is 2. The summed E-state index contributed by atoms with van der Waals surface area (Å²) in [7, 11) is 0. The third-order valence-corrected chi connectivity index (χ3v) is 3.14. The van der Waals surface area contributed by atoms with Crippen LogP contribution in [0.15, 0.2) is 18.3 Å². The van der Waals surface area contributed by atoms with Crippen molar-refractivity contribution in [1.82, 2.24) is 10.3 Å². The van der Waals surface area contributed by atoms with Gasteiger partial charge in [0, 0.05) is 12.7 Å². The van der Waals surface area contributed by atoms with Crippen LogP contribution < -0.4 is 16.6 Å². The van der Waals surface area contributed by atoms with E-state index in [0.29, 0.717) is 23.8 Å². The van der Waals surface area contributed by atoms with Crippen molar-refractivity contribution in [1.29, 1.82) is 0 Å². The summed E-state index contributed by atoms with van der Waals surface area (Å²) in [5.41, 5.74) is 2.96. The van der Waals surface area contributed by atoms with Crippen molar-refractivity contribution < 1.29 is 4.79 Å². The molecule has 0 saturated heterocycles. The van der Waals surface area contributed by atoms with Gasteiger partial charge in [0.2, 0.25) is 0 Å². The lowest BCUT2D eigenvalue weighted by Crippen LogP contribution is -2.29. The molecule has 6 heteroatoms. The average Bonchev–Trinajstić information content (AvgIpc) is 2.36. The van der Waals surface area contributed by atoms with Crippen LogP contribution in [0.2, 0.25) is 0 Å². The number of carbonyl (C=O) groups is 1. The van der Waals surface area contributed by atoms with Crippen LogP contribution in [0.1, 0.15) is 17.3 Å². The van der Waals surface area contributed by atoms with Gasteiger partial charge in [0.1, 0.15) is 5.82 Å². The number of hydrogen-bond acceptors (Lipinski definition) is 5. The van der Waals surface area contributed by atoms with E-state index >= 15 is 0 Å². The summed E-state index contributed by atoms with van der Waals surface area (Å²) >= 11 is 1.78. The molecule has 94 valence electrons. The summed E-state index contributed by atoms with van der Waals surface area (Å²) in [6.45, 7) is 2.78. The monoisotopic (exact) mass is 254 g/mol. The molecule has 1 amide bonds. The molecular weight excluding hydrogens is 236 g/mol. The third kappa shape index (κ3) is 4.62. The molecule has 0 spiro atoms. The molecule has 0 radical (unpaired) electrons. The number of thioether (sulfide) groups is 1. The van der Waals surface area contributed by atoms with Gasteiger partial charge in [-0.3, -0.25) is 4.79 Å². The maximum atomic E-state index is 11.7. The molecule has 1 heterocycles. The molecule has 5 nitrogen and oxygen atoms in total. The normalized spacial score (nSPS) is 11.9. The fourth-order valence-corrected chi connectivity index (χ4v) is 2.01. The van der Waals surface area contributed by atoms with E-state index in [4.69, 9.17) is 5.84 Å². The highest BCUT2D eigenvalue weighted by Gasteiger charge is 2.07. The molecule has 4 N–H and O–H groups in total. The Morgan fingerprint density at radius 3 is 2.88 bits per heavy atom. The van der Waals surface area contributed by atoms with Gasteiger partial charge in [0.15, 0.2) is 0 Å². The van der Waals surface area contributed by atoms with Gasteiger partial charge in [-0.25, -0.2) is 10.8 Å².